The van der Waals surface area contributed by atoms with Gasteiger partial charge in [0.1, 0.15) is 0 Å². The van der Waals surface area contributed by atoms with E-state index in [1.807, 2.05) is 18.2 Å². The summed E-state index contributed by atoms with van der Waals surface area (Å²) >= 11 is 0. The van der Waals surface area contributed by atoms with Gasteiger partial charge in [-0.3, -0.25) is 0 Å². The Morgan fingerprint density at radius 3 is 2.53 bits per heavy atom. The van der Waals surface area contributed by atoms with Gasteiger partial charge in [0.15, 0.2) is 0 Å². The predicted molar refractivity (Wildman–Crippen MR) is 80.4 cm³/mol. The molecule has 0 unspecified atom stereocenters. The van der Waals surface area contributed by atoms with Gasteiger partial charge in [-0.25, -0.2) is 13.1 Å². The molecule has 5 heteroatoms. The quantitative estimate of drug-likeness (QED) is 0.712. The van der Waals surface area contributed by atoms with Crippen molar-refractivity contribution in [2.45, 2.75) is 13.8 Å². The highest BCUT2D eigenvalue weighted by molar-refractivity contribution is 7.89. The van der Waals surface area contributed by atoms with Gasteiger partial charge in [-0.1, -0.05) is 42.0 Å². The summed E-state index contributed by atoms with van der Waals surface area (Å²) in [4.78, 5) is 0. The van der Waals surface area contributed by atoms with Crippen LogP contribution >= 0.6 is 0 Å². The molecule has 19 heavy (non-hydrogen) atoms. The fraction of sp³-hybridized carbons (Fsp3) is 0.429. The molecule has 0 aromatic heterocycles. The summed E-state index contributed by atoms with van der Waals surface area (Å²) in [5, 5.41) is 3.21. The first-order chi connectivity index (χ1) is 9.03. The minimum absolute atomic E-state index is 0.125. The topological polar surface area (TPSA) is 58.2 Å². The van der Waals surface area contributed by atoms with Gasteiger partial charge in [-0.05, 0) is 19.4 Å². The van der Waals surface area contributed by atoms with Gasteiger partial charge in [-0.15, -0.1) is 0 Å². The molecule has 0 saturated heterocycles. The van der Waals surface area contributed by atoms with E-state index in [9.17, 15) is 8.42 Å². The maximum Gasteiger partial charge on any atom is 0.211 e. The van der Waals surface area contributed by atoms with E-state index in [1.165, 1.54) is 11.1 Å². The van der Waals surface area contributed by atoms with Crippen LogP contribution in [0.1, 0.15) is 19.4 Å². The fourth-order valence-corrected chi connectivity index (χ4v) is 2.18. The molecule has 1 rings (SSSR count). The van der Waals surface area contributed by atoms with Gasteiger partial charge >= 0.3 is 0 Å². The monoisotopic (exact) mass is 282 g/mol. The third-order valence-corrected chi connectivity index (χ3v) is 4.02. The van der Waals surface area contributed by atoms with Crippen LogP contribution in [-0.2, 0) is 10.0 Å². The summed E-state index contributed by atoms with van der Waals surface area (Å²) in [5.41, 5.74) is 2.39. The van der Waals surface area contributed by atoms with Crippen LogP contribution in [0.3, 0.4) is 0 Å². The molecule has 0 aliphatic rings. The average Bonchev–Trinajstić information content (AvgIpc) is 2.39. The SMILES string of the molecule is CCS(=O)(=O)NCCNCC(C)=Cc1ccccc1. The zero-order valence-corrected chi connectivity index (χ0v) is 12.3. The molecule has 0 fully saturated rings. The van der Waals surface area contributed by atoms with Crippen LogP contribution in [0.4, 0.5) is 0 Å². The molecule has 1 aromatic carbocycles. The van der Waals surface area contributed by atoms with Gasteiger partial charge in [0.05, 0.1) is 5.75 Å². The number of hydrogen-bond donors (Lipinski definition) is 2. The molecule has 106 valence electrons. The van der Waals surface area contributed by atoms with Gasteiger partial charge < -0.3 is 5.32 Å². The Balaban J connectivity index is 2.25. The lowest BCUT2D eigenvalue weighted by atomic mass is 10.1. The Bertz CT molecular complexity index is 495. The summed E-state index contributed by atoms with van der Waals surface area (Å²) in [6.45, 7) is 5.48. The van der Waals surface area contributed by atoms with E-state index in [-0.39, 0.29) is 5.75 Å². The average molecular weight is 282 g/mol. The van der Waals surface area contributed by atoms with E-state index in [1.54, 1.807) is 6.92 Å². The zero-order valence-electron chi connectivity index (χ0n) is 11.5. The molecule has 4 nitrogen and oxygen atoms in total. The molecule has 0 saturated carbocycles. The Morgan fingerprint density at radius 2 is 1.89 bits per heavy atom. The van der Waals surface area contributed by atoms with Gasteiger partial charge in [0, 0.05) is 19.6 Å². The molecular weight excluding hydrogens is 260 g/mol. The summed E-state index contributed by atoms with van der Waals surface area (Å²) in [7, 11) is -3.07. The van der Waals surface area contributed by atoms with Gasteiger partial charge in [-0.2, -0.15) is 0 Å². The summed E-state index contributed by atoms with van der Waals surface area (Å²) in [6, 6.07) is 10.1. The van der Waals surface area contributed by atoms with Crippen LogP contribution in [0.25, 0.3) is 6.08 Å². The van der Waals surface area contributed by atoms with Crippen molar-refractivity contribution in [2.75, 3.05) is 25.4 Å². The van der Waals surface area contributed by atoms with E-state index < -0.39 is 10.0 Å². The Kier molecular flexibility index (Phi) is 6.77. The van der Waals surface area contributed by atoms with Crippen molar-refractivity contribution in [1.29, 1.82) is 0 Å². The number of benzene rings is 1. The van der Waals surface area contributed by atoms with Crippen molar-refractivity contribution in [2.24, 2.45) is 0 Å². The number of rotatable bonds is 8. The minimum atomic E-state index is -3.07. The first-order valence-corrected chi connectivity index (χ1v) is 8.09. The molecule has 0 aliphatic carbocycles. The Morgan fingerprint density at radius 1 is 1.21 bits per heavy atom. The second kappa shape index (κ2) is 8.09. The van der Waals surface area contributed by atoms with Gasteiger partial charge in [0.25, 0.3) is 0 Å². The van der Waals surface area contributed by atoms with Crippen LogP contribution in [0, 0.1) is 0 Å². The Labute approximate surface area is 116 Å². The van der Waals surface area contributed by atoms with Crippen molar-refractivity contribution in [3.05, 3.63) is 41.5 Å². The van der Waals surface area contributed by atoms with Crippen molar-refractivity contribution in [3.63, 3.8) is 0 Å². The molecule has 0 aliphatic heterocycles. The van der Waals surface area contributed by atoms with Crippen molar-refractivity contribution >= 4 is 16.1 Å². The standard InChI is InChI=1S/C14H22N2O2S/c1-3-19(17,18)16-10-9-15-12-13(2)11-14-7-5-4-6-8-14/h4-8,11,15-16H,3,9-10,12H2,1-2H3. The smallest absolute Gasteiger partial charge is 0.211 e. The highest BCUT2D eigenvalue weighted by Crippen LogP contribution is 2.04. The lowest BCUT2D eigenvalue weighted by Gasteiger charge is -2.07. The summed E-state index contributed by atoms with van der Waals surface area (Å²) < 4.78 is 24.9. The highest BCUT2D eigenvalue weighted by atomic mass is 32.2. The van der Waals surface area contributed by atoms with E-state index in [2.05, 4.69) is 35.2 Å². The molecule has 1 aromatic rings. The second-order valence-electron chi connectivity index (χ2n) is 4.38. The van der Waals surface area contributed by atoms with Crippen LogP contribution in [-0.4, -0.2) is 33.8 Å². The molecule has 0 radical (unpaired) electrons. The fourth-order valence-electron chi connectivity index (χ4n) is 1.57. The number of sulfonamides is 1. The maximum absolute atomic E-state index is 11.2. The molecule has 0 atom stereocenters. The predicted octanol–water partition coefficient (Wildman–Crippen LogP) is 1.62. The van der Waals surface area contributed by atoms with E-state index in [0.29, 0.717) is 13.1 Å². The summed E-state index contributed by atoms with van der Waals surface area (Å²) in [5.74, 6) is 0.125. The molecule has 0 amide bonds. The van der Waals surface area contributed by atoms with Crippen molar-refractivity contribution in [3.8, 4) is 0 Å². The lowest BCUT2D eigenvalue weighted by Crippen LogP contribution is -2.33. The van der Waals surface area contributed by atoms with E-state index in [4.69, 9.17) is 0 Å². The lowest BCUT2D eigenvalue weighted by molar-refractivity contribution is 0.579. The van der Waals surface area contributed by atoms with E-state index >= 15 is 0 Å². The number of nitrogens with one attached hydrogen (secondary N) is 2. The molecule has 0 spiro atoms. The van der Waals surface area contributed by atoms with Crippen molar-refractivity contribution < 1.29 is 8.42 Å². The highest BCUT2D eigenvalue weighted by Gasteiger charge is 2.03. The van der Waals surface area contributed by atoms with Crippen LogP contribution in [0.5, 0.6) is 0 Å². The molecule has 0 heterocycles. The van der Waals surface area contributed by atoms with Crippen LogP contribution < -0.4 is 10.0 Å². The molecular formula is C14H22N2O2S. The van der Waals surface area contributed by atoms with E-state index in [0.717, 1.165) is 6.54 Å². The first-order valence-electron chi connectivity index (χ1n) is 6.44. The third-order valence-electron chi connectivity index (χ3n) is 2.62. The maximum atomic E-state index is 11.2. The van der Waals surface area contributed by atoms with Crippen LogP contribution in [0.15, 0.2) is 35.9 Å². The summed E-state index contributed by atoms with van der Waals surface area (Å²) in [6.07, 6.45) is 2.11. The molecule has 0 bridgehead atoms. The zero-order chi connectivity index (χ0) is 14.1. The first kappa shape index (κ1) is 15.9. The Hall–Kier alpha value is -1.17. The van der Waals surface area contributed by atoms with Crippen LogP contribution in [0.2, 0.25) is 0 Å². The second-order valence-corrected chi connectivity index (χ2v) is 6.47. The largest absolute Gasteiger partial charge is 0.312 e. The normalized spacial score (nSPS) is 12.6. The third kappa shape index (κ3) is 7.10. The molecule has 2 N–H and O–H groups in total. The number of hydrogen-bond acceptors (Lipinski definition) is 3. The van der Waals surface area contributed by atoms with Gasteiger partial charge in [0.2, 0.25) is 10.0 Å². The van der Waals surface area contributed by atoms with Crippen molar-refractivity contribution in [1.82, 2.24) is 10.0 Å². The minimum Gasteiger partial charge on any atom is -0.312 e.